The highest BCUT2D eigenvalue weighted by Gasteiger charge is 2.49. The molecule has 2 aliphatic heterocycles. The van der Waals surface area contributed by atoms with Crippen molar-refractivity contribution in [1.29, 1.82) is 0 Å². The van der Waals surface area contributed by atoms with Gasteiger partial charge >= 0.3 is 0 Å². The number of piperidine rings is 1. The molecule has 1 spiro atoms. The molecule has 0 radical (unpaired) electrons. The Morgan fingerprint density at radius 3 is 2.81 bits per heavy atom. The number of aromatic nitrogens is 1. The predicted octanol–water partition coefficient (Wildman–Crippen LogP) is 1.89. The highest BCUT2D eigenvalue weighted by atomic mass is 32.1. The summed E-state index contributed by atoms with van der Waals surface area (Å²) in [5.41, 5.74) is -0.232. The van der Waals surface area contributed by atoms with Crippen molar-refractivity contribution in [3.8, 4) is 0 Å². The first-order valence-corrected chi connectivity index (χ1v) is 10.5. The van der Waals surface area contributed by atoms with E-state index in [1.54, 1.807) is 11.3 Å². The molecule has 6 nitrogen and oxygen atoms in total. The summed E-state index contributed by atoms with van der Waals surface area (Å²) in [6, 6.07) is -0.359. The van der Waals surface area contributed by atoms with Crippen LogP contribution in [-0.4, -0.2) is 64.4 Å². The van der Waals surface area contributed by atoms with Gasteiger partial charge in [-0.1, -0.05) is 6.92 Å². The van der Waals surface area contributed by atoms with Crippen LogP contribution in [0.4, 0.5) is 0 Å². The van der Waals surface area contributed by atoms with Gasteiger partial charge in [0.15, 0.2) is 0 Å². The largest absolute Gasteiger partial charge is 0.388 e. The molecule has 2 fully saturated rings. The fourth-order valence-corrected chi connectivity index (χ4v) is 4.74. The maximum Gasteiger partial charge on any atom is 0.220 e. The molecule has 2 N–H and O–H groups in total. The molecule has 1 aromatic heterocycles. The molecule has 2 saturated heterocycles. The lowest BCUT2D eigenvalue weighted by atomic mass is 9.75. The number of carbonyl (C=O) groups excluding carboxylic acids is 1. The first kappa shape index (κ1) is 19.7. The van der Waals surface area contributed by atoms with Gasteiger partial charge in [0, 0.05) is 31.3 Å². The summed E-state index contributed by atoms with van der Waals surface area (Å²) in [5, 5.41) is 17.0. The number of hydrogen-bond acceptors (Lipinski definition) is 6. The van der Waals surface area contributed by atoms with E-state index in [1.807, 2.05) is 19.2 Å². The van der Waals surface area contributed by atoms with E-state index in [0.29, 0.717) is 25.9 Å². The van der Waals surface area contributed by atoms with Gasteiger partial charge < -0.3 is 20.1 Å². The minimum Gasteiger partial charge on any atom is -0.388 e. The van der Waals surface area contributed by atoms with Gasteiger partial charge in [-0.3, -0.25) is 4.79 Å². The topological polar surface area (TPSA) is 74.7 Å². The summed E-state index contributed by atoms with van der Waals surface area (Å²) in [6.07, 6.45) is 3.48. The Morgan fingerprint density at radius 2 is 2.23 bits per heavy atom. The predicted molar refractivity (Wildman–Crippen MR) is 102 cm³/mol. The lowest BCUT2D eigenvalue weighted by Crippen LogP contribution is -2.63. The number of hydrogen-bond donors (Lipinski definition) is 2. The first-order chi connectivity index (χ1) is 12.3. The van der Waals surface area contributed by atoms with Crippen LogP contribution in [0.2, 0.25) is 0 Å². The van der Waals surface area contributed by atoms with Crippen LogP contribution in [0.1, 0.15) is 50.2 Å². The average Bonchev–Trinajstić information content (AvgIpc) is 3.01. The van der Waals surface area contributed by atoms with Crippen molar-refractivity contribution in [3.63, 3.8) is 0 Å². The number of rotatable bonds is 5. The molecule has 1 amide bonds. The molecule has 7 heteroatoms. The van der Waals surface area contributed by atoms with Crippen LogP contribution in [0.25, 0.3) is 0 Å². The maximum atomic E-state index is 12.3. The fourth-order valence-electron chi connectivity index (χ4n) is 4.09. The Hall–Kier alpha value is -1.02. The molecule has 0 bridgehead atoms. The van der Waals surface area contributed by atoms with Gasteiger partial charge in [0.25, 0.3) is 0 Å². The highest BCUT2D eigenvalue weighted by Crippen LogP contribution is 2.39. The van der Waals surface area contributed by atoms with Crippen LogP contribution in [-0.2, 0) is 16.0 Å². The number of thiazole rings is 1. The zero-order valence-corrected chi connectivity index (χ0v) is 16.9. The van der Waals surface area contributed by atoms with E-state index in [0.717, 1.165) is 43.2 Å². The number of aryl methyl sites for hydroxylation is 2. The zero-order chi connectivity index (χ0) is 18.8. The first-order valence-electron chi connectivity index (χ1n) is 9.61. The number of nitrogens with one attached hydrogen (secondary N) is 1. The van der Waals surface area contributed by atoms with Crippen molar-refractivity contribution in [1.82, 2.24) is 15.2 Å². The van der Waals surface area contributed by atoms with Crippen LogP contribution in [0.5, 0.6) is 0 Å². The quantitative estimate of drug-likeness (QED) is 0.815. The molecule has 0 unspecified atom stereocenters. The number of ether oxygens (including phenoxy) is 1. The molecule has 0 aliphatic carbocycles. The SMILES string of the molecule is CCN1CCC2(CC1)C[C@](C)(O)[C@@H](NC(=O)CCc1csc(C)n1)CO2. The van der Waals surface area contributed by atoms with Gasteiger partial charge in [-0.15, -0.1) is 11.3 Å². The average molecular weight is 382 g/mol. The van der Waals surface area contributed by atoms with E-state index in [-0.39, 0.29) is 17.6 Å². The summed E-state index contributed by atoms with van der Waals surface area (Å²) >= 11 is 1.60. The molecular weight excluding hydrogens is 350 g/mol. The Balaban J connectivity index is 1.51. The molecule has 2 atom stereocenters. The molecular formula is C19H31N3O3S. The Labute approximate surface area is 159 Å². The summed E-state index contributed by atoms with van der Waals surface area (Å²) in [7, 11) is 0. The van der Waals surface area contributed by atoms with Crippen LogP contribution in [0, 0.1) is 6.92 Å². The zero-order valence-electron chi connectivity index (χ0n) is 16.1. The van der Waals surface area contributed by atoms with E-state index in [2.05, 4.69) is 22.1 Å². The molecule has 2 aliphatic rings. The van der Waals surface area contributed by atoms with Crippen molar-refractivity contribution < 1.29 is 14.6 Å². The van der Waals surface area contributed by atoms with Gasteiger partial charge in [-0.25, -0.2) is 4.98 Å². The minimum absolute atomic E-state index is 0.0544. The second-order valence-electron chi connectivity index (χ2n) is 7.94. The summed E-state index contributed by atoms with van der Waals surface area (Å²) in [4.78, 5) is 19.1. The molecule has 1 aromatic rings. The Bertz CT molecular complexity index is 623. The van der Waals surface area contributed by atoms with Gasteiger partial charge in [-0.05, 0) is 39.7 Å². The number of aliphatic hydroxyl groups is 1. The van der Waals surface area contributed by atoms with Gasteiger partial charge in [0.2, 0.25) is 5.91 Å². The molecule has 0 saturated carbocycles. The number of amides is 1. The van der Waals surface area contributed by atoms with E-state index in [4.69, 9.17) is 4.74 Å². The third-order valence-electron chi connectivity index (χ3n) is 5.81. The second-order valence-corrected chi connectivity index (χ2v) is 9.00. The van der Waals surface area contributed by atoms with Crippen molar-refractivity contribution in [2.45, 2.75) is 70.1 Å². The third-order valence-corrected chi connectivity index (χ3v) is 6.63. The van der Waals surface area contributed by atoms with Crippen molar-refractivity contribution in [2.24, 2.45) is 0 Å². The van der Waals surface area contributed by atoms with Crippen molar-refractivity contribution >= 4 is 17.2 Å². The third kappa shape index (κ3) is 4.63. The fraction of sp³-hybridized carbons (Fsp3) is 0.789. The Morgan fingerprint density at radius 1 is 1.50 bits per heavy atom. The summed E-state index contributed by atoms with van der Waals surface area (Å²) < 4.78 is 6.20. The normalized spacial score (nSPS) is 29.0. The summed E-state index contributed by atoms with van der Waals surface area (Å²) in [6.45, 7) is 9.43. The van der Waals surface area contributed by atoms with Crippen LogP contribution < -0.4 is 5.32 Å². The van der Waals surface area contributed by atoms with Crippen molar-refractivity contribution in [3.05, 3.63) is 16.1 Å². The maximum absolute atomic E-state index is 12.3. The molecule has 26 heavy (non-hydrogen) atoms. The number of carbonyl (C=O) groups is 1. The lowest BCUT2D eigenvalue weighted by molar-refractivity contribution is -0.189. The molecule has 3 rings (SSSR count). The van der Waals surface area contributed by atoms with Gasteiger partial charge in [-0.2, -0.15) is 0 Å². The van der Waals surface area contributed by atoms with Gasteiger partial charge in [0.1, 0.15) is 0 Å². The Kier molecular flexibility index (Phi) is 6.01. The lowest BCUT2D eigenvalue weighted by Gasteiger charge is -2.51. The molecule has 3 heterocycles. The summed E-state index contributed by atoms with van der Waals surface area (Å²) in [5.74, 6) is -0.0544. The highest BCUT2D eigenvalue weighted by molar-refractivity contribution is 7.09. The van der Waals surface area contributed by atoms with Crippen LogP contribution in [0.3, 0.4) is 0 Å². The van der Waals surface area contributed by atoms with Crippen LogP contribution in [0.15, 0.2) is 5.38 Å². The van der Waals surface area contributed by atoms with E-state index >= 15 is 0 Å². The number of likely N-dealkylation sites (tertiary alicyclic amines) is 1. The second kappa shape index (κ2) is 7.92. The molecule has 146 valence electrons. The minimum atomic E-state index is -0.945. The van der Waals surface area contributed by atoms with E-state index < -0.39 is 5.60 Å². The van der Waals surface area contributed by atoms with Crippen molar-refractivity contribution in [2.75, 3.05) is 26.2 Å². The van der Waals surface area contributed by atoms with E-state index in [1.165, 1.54) is 0 Å². The van der Waals surface area contributed by atoms with Gasteiger partial charge in [0.05, 0.1) is 34.6 Å². The molecule has 0 aromatic carbocycles. The smallest absolute Gasteiger partial charge is 0.220 e. The monoisotopic (exact) mass is 381 g/mol. The van der Waals surface area contributed by atoms with Crippen LogP contribution >= 0.6 is 11.3 Å². The standard InChI is InChI=1S/C19H31N3O3S/c1-4-22-9-7-19(8-10-22)13-18(3,24)16(11-25-19)21-17(23)6-5-15-12-26-14(2)20-15/h12,16,24H,4-11,13H2,1-3H3,(H,21,23)/t16-,18-/m0/s1. The van der Waals surface area contributed by atoms with E-state index in [9.17, 15) is 9.90 Å². The number of nitrogens with zero attached hydrogens (tertiary/aromatic N) is 2.